The van der Waals surface area contributed by atoms with Crippen molar-refractivity contribution < 1.29 is 39.0 Å². The van der Waals surface area contributed by atoms with Crippen molar-refractivity contribution in [2.24, 2.45) is 17.4 Å². The van der Waals surface area contributed by atoms with Gasteiger partial charge in [-0.2, -0.15) is 0 Å². The summed E-state index contributed by atoms with van der Waals surface area (Å²) in [5.74, 6) is -7.00. The number of nitrogens with two attached hydrogens (primary N) is 2. The Morgan fingerprint density at radius 3 is 1.94 bits per heavy atom. The van der Waals surface area contributed by atoms with Gasteiger partial charge in [-0.05, 0) is 17.9 Å². The fourth-order valence-corrected chi connectivity index (χ4v) is 3.24. The quantitative estimate of drug-likeness (QED) is 0.146. The smallest absolute Gasteiger partial charge is 0.326 e. The first kappa shape index (κ1) is 30.0. The minimum absolute atomic E-state index is 0.141. The number of carboxylic acid groups (broad SMARTS) is 2. The van der Waals surface area contributed by atoms with E-state index in [2.05, 4.69) is 16.0 Å². The molecule has 0 radical (unpaired) electrons. The molecular formula is C23H33N5O8. The summed E-state index contributed by atoms with van der Waals surface area (Å²) in [4.78, 5) is 72.1. The van der Waals surface area contributed by atoms with Gasteiger partial charge in [0.1, 0.15) is 18.1 Å². The lowest BCUT2D eigenvalue weighted by Gasteiger charge is -2.27. The van der Waals surface area contributed by atoms with E-state index >= 15 is 0 Å². The summed E-state index contributed by atoms with van der Waals surface area (Å²) in [5, 5.41) is 25.3. The van der Waals surface area contributed by atoms with E-state index in [1.165, 1.54) is 0 Å². The van der Waals surface area contributed by atoms with Crippen LogP contribution < -0.4 is 27.4 Å². The van der Waals surface area contributed by atoms with Crippen LogP contribution >= 0.6 is 0 Å². The second-order valence-electron chi connectivity index (χ2n) is 8.40. The largest absolute Gasteiger partial charge is 0.481 e. The van der Waals surface area contributed by atoms with Crippen molar-refractivity contribution in [3.05, 3.63) is 35.9 Å². The Bertz CT molecular complexity index is 955. The van der Waals surface area contributed by atoms with Gasteiger partial charge in [0, 0.05) is 0 Å². The number of carbonyl (C=O) groups excluding carboxylic acids is 4. The van der Waals surface area contributed by atoms with Gasteiger partial charge in [0.15, 0.2) is 0 Å². The highest BCUT2D eigenvalue weighted by atomic mass is 16.4. The van der Waals surface area contributed by atoms with E-state index in [1.54, 1.807) is 44.2 Å². The molecule has 0 heterocycles. The van der Waals surface area contributed by atoms with Crippen molar-refractivity contribution in [3.63, 3.8) is 0 Å². The maximum absolute atomic E-state index is 12.9. The number of carboxylic acids is 2. The molecule has 0 saturated heterocycles. The molecule has 5 atom stereocenters. The molecule has 0 aromatic heterocycles. The van der Waals surface area contributed by atoms with E-state index in [1.807, 2.05) is 0 Å². The molecule has 0 aliphatic carbocycles. The number of carbonyl (C=O) groups is 6. The van der Waals surface area contributed by atoms with Crippen LogP contribution in [0.15, 0.2) is 30.3 Å². The van der Waals surface area contributed by atoms with Gasteiger partial charge in [-0.3, -0.25) is 24.0 Å². The molecular weight excluding hydrogens is 474 g/mol. The Hall–Kier alpha value is -4.00. The van der Waals surface area contributed by atoms with Crippen LogP contribution in [0.3, 0.4) is 0 Å². The summed E-state index contributed by atoms with van der Waals surface area (Å²) in [5.41, 5.74) is 11.7. The van der Waals surface area contributed by atoms with E-state index in [4.69, 9.17) is 11.5 Å². The van der Waals surface area contributed by atoms with Gasteiger partial charge in [-0.25, -0.2) is 4.79 Å². The van der Waals surface area contributed by atoms with Gasteiger partial charge < -0.3 is 37.6 Å². The van der Waals surface area contributed by atoms with Crippen molar-refractivity contribution in [1.29, 1.82) is 0 Å². The van der Waals surface area contributed by atoms with E-state index in [-0.39, 0.29) is 6.42 Å². The maximum atomic E-state index is 12.9. The summed E-state index contributed by atoms with van der Waals surface area (Å²) in [7, 11) is 0. The van der Waals surface area contributed by atoms with E-state index in [9.17, 15) is 39.0 Å². The van der Waals surface area contributed by atoms with Crippen LogP contribution in [-0.4, -0.2) is 69.9 Å². The molecule has 1 rings (SSSR count). The molecule has 36 heavy (non-hydrogen) atoms. The van der Waals surface area contributed by atoms with Crippen LogP contribution in [-0.2, 0) is 35.2 Å². The molecule has 9 N–H and O–H groups in total. The van der Waals surface area contributed by atoms with Gasteiger partial charge >= 0.3 is 11.9 Å². The molecule has 0 aliphatic heterocycles. The average molecular weight is 508 g/mol. The van der Waals surface area contributed by atoms with Crippen LogP contribution in [0.25, 0.3) is 0 Å². The predicted octanol–water partition coefficient (Wildman–Crippen LogP) is -1.51. The Labute approximate surface area is 208 Å². The summed E-state index contributed by atoms with van der Waals surface area (Å²) in [6, 6.07) is 3.29. The zero-order valence-corrected chi connectivity index (χ0v) is 20.1. The number of primary amides is 1. The number of rotatable bonds is 15. The molecule has 13 nitrogen and oxygen atoms in total. The normalized spacial score (nSPS) is 14.9. The summed E-state index contributed by atoms with van der Waals surface area (Å²) in [6.45, 7) is 3.32. The number of amides is 4. The molecule has 0 spiro atoms. The van der Waals surface area contributed by atoms with Crippen molar-refractivity contribution in [3.8, 4) is 0 Å². The lowest BCUT2D eigenvalue weighted by atomic mass is 9.97. The minimum atomic E-state index is -1.62. The highest BCUT2D eigenvalue weighted by Gasteiger charge is 2.34. The highest BCUT2D eigenvalue weighted by molar-refractivity contribution is 5.96. The number of hydrogen-bond acceptors (Lipinski definition) is 7. The van der Waals surface area contributed by atoms with Crippen LogP contribution in [0.5, 0.6) is 0 Å². The monoisotopic (exact) mass is 507 g/mol. The Morgan fingerprint density at radius 2 is 1.44 bits per heavy atom. The van der Waals surface area contributed by atoms with E-state index < -0.39 is 78.5 Å². The fraction of sp³-hybridized carbons (Fsp3) is 0.478. The minimum Gasteiger partial charge on any atom is -0.481 e. The molecule has 5 unspecified atom stereocenters. The van der Waals surface area contributed by atoms with Crippen molar-refractivity contribution in [1.82, 2.24) is 16.0 Å². The molecule has 0 aliphatic rings. The summed E-state index contributed by atoms with van der Waals surface area (Å²) >= 11 is 0. The van der Waals surface area contributed by atoms with Crippen molar-refractivity contribution in [2.75, 3.05) is 0 Å². The zero-order chi connectivity index (χ0) is 27.4. The standard InChI is InChI=1S/C23H33N5O8/c1-3-12(2)19(22(34)27-16(23(35)36)10-17(25)29)28-21(33)15(11-18(30)31)26-20(32)14(24)9-13-7-5-4-6-8-13/h4-8,12,14-16,19H,3,9-11,24H2,1-2H3,(H2,25,29)(H,26,32)(H,27,34)(H,28,33)(H,30,31)(H,35,36). The van der Waals surface area contributed by atoms with Crippen molar-refractivity contribution >= 4 is 35.6 Å². The van der Waals surface area contributed by atoms with Crippen LogP contribution in [0, 0.1) is 5.92 Å². The van der Waals surface area contributed by atoms with Crippen LogP contribution in [0.1, 0.15) is 38.7 Å². The Kier molecular flexibility index (Phi) is 12.0. The molecule has 1 aromatic carbocycles. The third-order valence-electron chi connectivity index (χ3n) is 5.46. The predicted molar refractivity (Wildman–Crippen MR) is 127 cm³/mol. The average Bonchev–Trinajstić information content (AvgIpc) is 2.80. The molecule has 0 fully saturated rings. The summed E-state index contributed by atoms with van der Waals surface area (Å²) in [6.07, 6.45) is -0.935. The second kappa shape index (κ2) is 14.4. The molecule has 198 valence electrons. The molecule has 13 heteroatoms. The van der Waals surface area contributed by atoms with E-state index in [0.717, 1.165) is 5.56 Å². The molecule has 1 aromatic rings. The topological polar surface area (TPSA) is 231 Å². The number of nitrogens with one attached hydrogen (secondary N) is 3. The Morgan fingerprint density at radius 1 is 0.861 bits per heavy atom. The van der Waals surface area contributed by atoms with Gasteiger partial charge in [0.05, 0.1) is 18.9 Å². The second-order valence-corrected chi connectivity index (χ2v) is 8.40. The first-order valence-electron chi connectivity index (χ1n) is 11.3. The first-order valence-corrected chi connectivity index (χ1v) is 11.3. The fourth-order valence-electron chi connectivity index (χ4n) is 3.24. The van der Waals surface area contributed by atoms with E-state index in [0.29, 0.717) is 6.42 Å². The molecule has 0 saturated carbocycles. The van der Waals surface area contributed by atoms with Crippen molar-refractivity contribution in [2.45, 2.75) is 63.7 Å². The van der Waals surface area contributed by atoms with Crippen LogP contribution in [0.4, 0.5) is 0 Å². The first-order chi connectivity index (χ1) is 16.8. The molecule has 0 bridgehead atoms. The highest BCUT2D eigenvalue weighted by Crippen LogP contribution is 2.10. The zero-order valence-electron chi connectivity index (χ0n) is 20.1. The lowest BCUT2D eigenvalue weighted by molar-refractivity contribution is -0.144. The number of hydrogen-bond donors (Lipinski definition) is 7. The summed E-state index contributed by atoms with van der Waals surface area (Å²) < 4.78 is 0. The Balaban J connectivity index is 3.00. The van der Waals surface area contributed by atoms with Gasteiger partial charge in [-0.15, -0.1) is 0 Å². The van der Waals surface area contributed by atoms with Gasteiger partial charge in [0.25, 0.3) is 0 Å². The lowest BCUT2D eigenvalue weighted by Crippen LogP contribution is -2.59. The van der Waals surface area contributed by atoms with Gasteiger partial charge in [-0.1, -0.05) is 50.6 Å². The van der Waals surface area contributed by atoms with Gasteiger partial charge in [0.2, 0.25) is 23.6 Å². The molecule has 4 amide bonds. The number of aliphatic carboxylic acids is 2. The maximum Gasteiger partial charge on any atom is 0.326 e. The SMILES string of the molecule is CCC(C)C(NC(=O)C(CC(=O)O)NC(=O)C(N)Cc1ccccc1)C(=O)NC(CC(N)=O)C(=O)O. The third-order valence-corrected chi connectivity index (χ3v) is 5.46. The third kappa shape index (κ3) is 10.1. The van der Waals surface area contributed by atoms with Crippen LogP contribution in [0.2, 0.25) is 0 Å². The number of benzene rings is 1.